The molecular formula is C13H10N2O2S. The Labute approximate surface area is 107 Å². The zero-order valence-electron chi connectivity index (χ0n) is 9.38. The fourth-order valence-corrected chi connectivity index (χ4v) is 2.59. The summed E-state index contributed by atoms with van der Waals surface area (Å²) in [6, 6.07) is 7.17. The molecule has 0 aliphatic rings. The Kier molecular flexibility index (Phi) is 2.60. The molecule has 0 fully saturated rings. The highest BCUT2D eigenvalue weighted by atomic mass is 32.1. The van der Waals surface area contributed by atoms with Crippen LogP contribution < -0.4 is 0 Å². The van der Waals surface area contributed by atoms with E-state index in [1.807, 2.05) is 17.5 Å². The quantitative estimate of drug-likeness (QED) is 0.759. The van der Waals surface area contributed by atoms with Gasteiger partial charge in [-0.25, -0.2) is 9.78 Å². The van der Waals surface area contributed by atoms with E-state index in [4.69, 9.17) is 5.11 Å². The van der Waals surface area contributed by atoms with Crippen LogP contribution >= 0.6 is 11.3 Å². The highest BCUT2D eigenvalue weighted by Gasteiger charge is 2.12. The van der Waals surface area contributed by atoms with Gasteiger partial charge in [0.15, 0.2) is 0 Å². The minimum absolute atomic E-state index is 0.236. The van der Waals surface area contributed by atoms with Gasteiger partial charge in [0, 0.05) is 6.42 Å². The Bertz CT molecular complexity index is 701. The van der Waals surface area contributed by atoms with Crippen LogP contribution in [0.4, 0.5) is 0 Å². The van der Waals surface area contributed by atoms with Crippen LogP contribution in [0.25, 0.3) is 11.0 Å². The topological polar surface area (TPSA) is 66.0 Å². The van der Waals surface area contributed by atoms with E-state index in [0.717, 1.165) is 11.3 Å². The van der Waals surface area contributed by atoms with Crippen molar-refractivity contribution in [2.75, 3.05) is 0 Å². The van der Waals surface area contributed by atoms with E-state index in [0.29, 0.717) is 11.9 Å². The Morgan fingerprint density at radius 1 is 1.39 bits per heavy atom. The molecule has 4 nitrogen and oxygen atoms in total. The Morgan fingerprint density at radius 2 is 2.28 bits per heavy atom. The molecule has 2 aromatic heterocycles. The van der Waals surface area contributed by atoms with E-state index < -0.39 is 5.97 Å². The first-order valence-electron chi connectivity index (χ1n) is 5.46. The average Bonchev–Trinajstić information content (AvgIpc) is 2.96. The number of benzene rings is 1. The number of para-hydroxylation sites is 1. The van der Waals surface area contributed by atoms with Crippen LogP contribution in [0.3, 0.4) is 0 Å². The zero-order chi connectivity index (χ0) is 12.5. The number of imidazole rings is 1. The Morgan fingerprint density at radius 3 is 3.00 bits per heavy atom. The van der Waals surface area contributed by atoms with Gasteiger partial charge in [0.2, 0.25) is 0 Å². The third-order valence-electron chi connectivity index (χ3n) is 2.74. The van der Waals surface area contributed by atoms with E-state index in [-0.39, 0.29) is 5.56 Å². The molecule has 0 bridgehead atoms. The van der Waals surface area contributed by atoms with Gasteiger partial charge in [-0.1, -0.05) is 6.07 Å². The number of thiophene rings is 1. The summed E-state index contributed by atoms with van der Waals surface area (Å²) in [6.45, 7) is 0. The van der Waals surface area contributed by atoms with Gasteiger partial charge in [-0.05, 0) is 34.5 Å². The summed E-state index contributed by atoms with van der Waals surface area (Å²) in [4.78, 5) is 18.6. The average molecular weight is 258 g/mol. The molecule has 2 heterocycles. The summed E-state index contributed by atoms with van der Waals surface area (Å²) in [5, 5.41) is 13.2. The van der Waals surface area contributed by atoms with Crippen LogP contribution in [0, 0.1) is 0 Å². The van der Waals surface area contributed by atoms with Crippen LogP contribution in [0.1, 0.15) is 21.7 Å². The van der Waals surface area contributed by atoms with Gasteiger partial charge >= 0.3 is 5.97 Å². The fraction of sp³-hybridized carbons (Fsp3) is 0.0769. The number of carbonyl (C=O) groups is 1. The summed E-state index contributed by atoms with van der Waals surface area (Å²) in [5.41, 5.74) is 2.70. The number of aromatic carboxylic acids is 1. The normalized spacial score (nSPS) is 10.9. The third-order valence-corrected chi connectivity index (χ3v) is 3.48. The molecule has 0 spiro atoms. The first kappa shape index (κ1) is 11.0. The largest absolute Gasteiger partial charge is 0.478 e. The molecule has 0 amide bonds. The van der Waals surface area contributed by atoms with Crippen molar-refractivity contribution in [1.82, 2.24) is 9.97 Å². The molecule has 18 heavy (non-hydrogen) atoms. The monoisotopic (exact) mass is 258 g/mol. The molecule has 0 atom stereocenters. The summed E-state index contributed by atoms with van der Waals surface area (Å²) < 4.78 is 0. The van der Waals surface area contributed by atoms with Crippen LogP contribution in [0.5, 0.6) is 0 Å². The Hall–Kier alpha value is -2.14. The lowest BCUT2D eigenvalue weighted by Gasteiger charge is -1.93. The van der Waals surface area contributed by atoms with E-state index in [9.17, 15) is 4.79 Å². The molecule has 3 rings (SSSR count). The number of aromatic amines is 1. The van der Waals surface area contributed by atoms with Gasteiger partial charge in [-0.15, -0.1) is 0 Å². The molecule has 0 saturated carbocycles. The fourth-order valence-electron chi connectivity index (χ4n) is 1.93. The zero-order valence-corrected chi connectivity index (χ0v) is 10.2. The number of hydrogen-bond donors (Lipinski definition) is 2. The molecule has 3 aromatic rings. The minimum atomic E-state index is -0.950. The number of H-pyrrole nitrogens is 1. The van der Waals surface area contributed by atoms with Crippen LogP contribution in [-0.4, -0.2) is 21.0 Å². The van der Waals surface area contributed by atoms with Crippen LogP contribution in [-0.2, 0) is 6.42 Å². The molecule has 0 saturated heterocycles. The lowest BCUT2D eigenvalue weighted by molar-refractivity contribution is 0.0699. The second kappa shape index (κ2) is 4.27. The molecule has 0 unspecified atom stereocenters. The van der Waals surface area contributed by atoms with E-state index in [2.05, 4.69) is 15.3 Å². The van der Waals surface area contributed by atoms with Crippen LogP contribution in [0.2, 0.25) is 0 Å². The van der Waals surface area contributed by atoms with Crippen molar-refractivity contribution in [3.05, 3.63) is 52.0 Å². The molecule has 0 aliphatic heterocycles. The van der Waals surface area contributed by atoms with Crippen molar-refractivity contribution < 1.29 is 9.90 Å². The lowest BCUT2D eigenvalue weighted by Crippen LogP contribution is -1.96. The van der Waals surface area contributed by atoms with Crippen LogP contribution in [0.15, 0.2) is 35.0 Å². The second-order valence-corrected chi connectivity index (χ2v) is 4.78. The van der Waals surface area contributed by atoms with Gasteiger partial charge in [0.25, 0.3) is 0 Å². The number of fused-ring (bicyclic) bond motifs is 1. The standard InChI is InChI=1S/C13H10N2O2S/c16-13(17)9-2-1-3-10-12(9)15-11(14-10)6-8-4-5-18-7-8/h1-5,7H,6H2,(H,14,15)(H,16,17). The number of nitrogens with zero attached hydrogens (tertiary/aromatic N) is 1. The number of hydrogen-bond acceptors (Lipinski definition) is 3. The van der Waals surface area contributed by atoms with E-state index in [1.54, 1.807) is 23.5 Å². The summed E-state index contributed by atoms with van der Waals surface area (Å²) >= 11 is 1.64. The summed E-state index contributed by atoms with van der Waals surface area (Å²) in [5.74, 6) is -0.161. The number of nitrogens with one attached hydrogen (secondary N) is 1. The predicted molar refractivity (Wildman–Crippen MR) is 70.2 cm³/mol. The van der Waals surface area contributed by atoms with Gasteiger partial charge < -0.3 is 10.1 Å². The van der Waals surface area contributed by atoms with Crippen molar-refractivity contribution in [2.24, 2.45) is 0 Å². The molecule has 90 valence electrons. The maximum atomic E-state index is 11.1. The molecule has 0 radical (unpaired) electrons. The number of carboxylic acids is 1. The van der Waals surface area contributed by atoms with Crippen molar-refractivity contribution in [2.45, 2.75) is 6.42 Å². The first-order valence-corrected chi connectivity index (χ1v) is 6.40. The highest BCUT2D eigenvalue weighted by Crippen LogP contribution is 2.18. The van der Waals surface area contributed by atoms with E-state index in [1.165, 1.54) is 5.56 Å². The van der Waals surface area contributed by atoms with Gasteiger partial charge in [-0.2, -0.15) is 11.3 Å². The summed E-state index contributed by atoms with van der Waals surface area (Å²) in [7, 11) is 0. The van der Waals surface area contributed by atoms with Gasteiger partial charge in [-0.3, -0.25) is 0 Å². The van der Waals surface area contributed by atoms with Crippen molar-refractivity contribution in [3.63, 3.8) is 0 Å². The number of carboxylic acid groups (broad SMARTS) is 1. The molecule has 2 N–H and O–H groups in total. The molecule has 1 aromatic carbocycles. The molecular weight excluding hydrogens is 248 g/mol. The van der Waals surface area contributed by atoms with Crippen molar-refractivity contribution in [1.29, 1.82) is 0 Å². The third kappa shape index (κ3) is 1.89. The maximum Gasteiger partial charge on any atom is 0.337 e. The predicted octanol–water partition coefficient (Wildman–Crippen LogP) is 2.91. The summed E-state index contributed by atoms with van der Waals surface area (Å²) in [6.07, 6.45) is 0.692. The van der Waals surface area contributed by atoms with Crippen molar-refractivity contribution in [3.8, 4) is 0 Å². The molecule has 5 heteroatoms. The molecule has 0 aliphatic carbocycles. The van der Waals surface area contributed by atoms with Crippen molar-refractivity contribution >= 4 is 28.3 Å². The maximum absolute atomic E-state index is 11.1. The SMILES string of the molecule is O=C(O)c1cccc2[nH]c(Cc3ccsc3)nc12. The van der Waals surface area contributed by atoms with Gasteiger partial charge in [0.1, 0.15) is 11.3 Å². The minimum Gasteiger partial charge on any atom is -0.478 e. The second-order valence-electron chi connectivity index (χ2n) is 4.00. The lowest BCUT2D eigenvalue weighted by atomic mass is 10.2. The highest BCUT2D eigenvalue weighted by molar-refractivity contribution is 7.07. The van der Waals surface area contributed by atoms with E-state index >= 15 is 0 Å². The smallest absolute Gasteiger partial charge is 0.337 e. The number of rotatable bonds is 3. The Balaban J connectivity index is 2.05. The number of aromatic nitrogens is 2. The van der Waals surface area contributed by atoms with Gasteiger partial charge in [0.05, 0.1) is 11.1 Å². The first-order chi connectivity index (χ1) is 8.74.